The highest BCUT2D eigenvalue weighted by atomic mass is 32.1. The van der Waals surface area contributed by atoms with Crippen molar-refractivity contribution in [2.75, 3.05) is 51.6 Å². The van der Waals surface area contributed by atoms with Crippen LogP contribution in [0.2, 0.25) is 0 Å². The third-order valence-corrected chi connectivity index (χ3v) is 3.12. The van der Waals surface area contributed by atoms with Crippen LogP contribution in [0.15, 0.2) is 0 Å². The number of rotatable bonds is 8. The Morgan fingerprint density at radius 1 is 1.44 bits per heavy atom. The van der Waals surface area contributed by atoms with Crippen LogP contribution < -0.4 is 16.4 Å². The molecule has 102 valence electrons. The number of anilines is 2. The highest BCUT2D eigenvalue weighted by Gasteiger charge is 2.14. The summed E-state index contributed by atoms with van der Waals surface area (Å²) in [6, 6.07) is 0. The SMILES string of the molecule is CNc1nc(N)c(C(=O)NCCOCCOC)s1. The number of amides is 1. The number of hydrogen-bond donors (Lipinski definition) is 3. The van der Waals surface area contributed by atoms with Gasteiger partial charge < -0.3 is 25.8 Å². The minimum Gasteiger partial charge on any atom is -0.382 e. The van der Waals surface area contributed by atoms with Gasteiger partial charge in [0.2, 0.25) is 0 Å². The molecule has 0 aliphatic heterocycles. The molecule has 0 aliphatic carbocycles. The third kappa shape index (κ3) is 4.47. The average molecular weight is 274 g/mol. The molecular formula is C10H18N4O3S. The number of nitrogens with two attached hydrogens (primary N) is 1. The Hall–Kier alpha value is -1.38. The van der Waals surface area contributed by atoms with Crippen molar-refractivity contribution in [3.05, 3.63) is 4.88 Å². The lowest BCUT2D eigenvalue weighted by molar-refractivity contribution is 0.0693. The molecule has 0 aliphatic rings. The maximum absolute atomic E-state index is 11.8. The van der Waals surface area contributed by atoms with Crippen LogP contribution in [0.5, 0.6) is 0 Å². The Balaban J connectivity index is 2.29. The van der Waals surface area contributed by atoms with Crippen LogP contribution >= 0.6 is 11.3 Å². The average Bonchev–Trinajstić information content (AvgIpc) is 2.75. The van der Waals surface area contributed by atoms with E-state index in [0.29, 0.717) is 36.4 Å². The van der Waals surface area contributed by atoms with Crippen molar-refractivity contribution in [3.8, 4) is 0 Å². The van der Waals surface area contributed by atoms with Gasteiger partial charge in [-0.15, -0.1) is 0 Å². The number of nitrogens with zero attached hydrogens (tertiary/aromatic N) is 1. The van der Waals surface area contributed by atoms with Crippen LogP contribution in [0.1, 0.15) is 9.67 Å². The summed E-state index contributed by atoms with van der Waals surface area (Å²) in [7, 11) is 3.33. The zero-order valence-corrected chi connectivity index (χ0v) is 11.3. The number of nitrogens with one attached hydrogen (secondary N) is 2. The van der Waals surface area contributed by atoms with Crippen molar-refractivity contribution >= 4 is 28.2 Å². The number of ether oxygens (including phenoxy) is 2. The molecule has 0 spiro atoms. The first kappa shape index (κ1) is 14.7. The molecule has 1 heterocycles. The second-order valence-electron chi connectivity index (χ2n) is 3.34. The van der Waals surface area contributed by atoms with Crippen molar-refractivity contribution in [1.29, 1.82) is 0 Å². The Bertz CT molecular complexity index is 383. The second-order valence-corrected chi connectivity index (χ2v) is 4.34. The quantitative estimate of drug-likeness (QED) is 0.584. The standard InChI is InChI=1S/C10H18N4O3S/c1-12-10-14-8(11)7(18-10)9(15)13-3-4-17-6-5-16-2/h3-6,11H2,1-2H3,(H,12,14)(H,13,15). The normalized spacial score (nSPS) is 10.3. The Labute approximate surface area is 110 Å². The van der Waals surface area contributed by atoms with Gasteiger partial charge in [0.05, 0.1) is 19.8 Å². The van der Waals surface area contributed by atoms with Gasteiger partial charge in [0, 0.05) is 20.7 Å². The summed E-state index contributed by atoms with van der Waals surface area (Å²) in [6.45, 7) is 1.92. The van der Waals surface area contributed by atoms with Crippen LogP contribution in [0.3, 0.4) is 0 Å². The van der Waals surface area contributed by atoms with Crippen LogP contribution in [0, 0.1) is 0 Å². The molecule has 1 amide bonds. The van der Waals surface area contributed by atoms with Gasteiger partial charge in [0.25, 0.3) is 5.91 Å². The van der Waals surface area contributed by atoms with Crippen molar-refractivity contribution in [1.82, 2.24) is 10.3 Å². The van der Waals surface area contributed by atoms with Gasteiger partial charge >= 0.3 is 0 Å². The van der Waals surface area contributed by atoms with E-state index < -0.39 is 0 Å². The molecule has 7 nitrogen and oxygen atoms in total. The first-order valence-corrected chi connectivity index (χ1v) is 6.29. The molecular weight excluding hydrogens is 256 g/mol. The molecule has 0 fully saturated rings. The number of carbonyl (C=O) groups excluding carboxylic acids is 1. The fourth-order valence-electron chi connectivity index (χ4n) is 1.16. The topological polar surface area (TPSA) is 98.5 Å². The maximum Gasteiger partial charge on any atom is 0.265 e. The summed E-state index contributed by atoms with van der Waals surface area (Å²) in [5, 5.41) is 6.17. The molecule has 0 saturated heterocycles. The van der Waals surface area contributed by atoms with E-state index in [2.05, 4.69) is 15.6 Å². The minimum atomic E-state index is -0.234. The third-order valence-electron chi connectivity index (χ3n) is 2.04. The van der Waals surface area contributed by atoms with Crippen LogP contribution in [-0.2, 0) is 9.47 Å². The Morgan fingerprint density at radius 2 is 2.22 bits per heavy atom. The molecule has 0 unspecified atom stereocenters. The molecule has 4 N–H and O–H groups in total. The molecule has 1 aromatic heterocycles. The molecule has 0 radical (unpaired) electrons. The number of methoxy groups -OCH3 is 1. The fourth-order valence-corrected chi connectivity index (χ4v) is 1.92. The van der Waals surface area contributed by atoms with Gasteiger partial charge in [0.15, 0.2) is 5.13 Å². The Kier molecular flexibility index (Phi) is 6.40. The summed E-state index contributed by atoms with van der Waals surface area (Å²) in [5.74, 6) is 0.00370. The van der Waals surface area contributed by atoms with E-state index in [1.807, 2.05) is 0 Å². The minimum absolute atomic E-state index is 0.234. The fraction of sp³-hybridized carbons (Fsp3) is 0.600. The number of nitrogen functional groups attached to an aromatic ring is 1. The molecule has 1 aromatic rings. The van der Waals surface area contributed by atoms with Crippen molar-refractivity contribution in [2.24, 2.45) is 0 Å². The predicted octanol–water partition coefficient (Wildman–Crippen LogP) is 0.160. The van der Waals surface area contributed by atoms with Gasteiger partial charge in [-0.25, -0.2) is 4.98 Å². The lowest BCUT2D eigenvalue weighted by atomic mass is 10.4. The first-order chi connectivity index (χ1) is 8.69. The van der Waals surface area contributed by atoms with E-state index in [-0.39, 0.29) is 11.7 Å². The molecule has 8 heteroatoms. The smallest absolute Gasteiger partial charge is 0.265 e. The Morgan fingerprint density at radius 3 is 2.83 bits per heavy atom. The molecule has 0 bridgehead atoms. The largest absolute Gasteiger partial charge is 0.382 e. The number of thiazole rings is 1. The van der Waals surface area contributed by atoms with E-state index in [4.69, 9.17) is 15.2 Å². The number of carbonyl (C=O) groups is 1. The summed E-state index contributed by atoms with van der Waals surface area (Å²) in [5.41, 5.74) is 5.64. The van der Waals surface area contributed by atoms with Crippen molar-refractivity contribution < 1.29 is 14.3 Å². The van der Waals surface area contributed by atoms with Gasteiger partial charge in [0.1, 0.15) is 10.7 Å². The molecule has 0 saturated carbocycles. The van der Waals surface area contributed by atoms with Crippen LogP contribution in [0.4, 0.5) is 10.9 Å². The van der Waals surface area contributed by atoms with E-state index in [0.717, 1.165) is 0 Å². The lowest BCUT2D eigenvalue weighted by Crippen LogP contribution is -2.27. The highest BCUT2D eigenvalue weighted by Crippen LogP contribution is 2.23. The highest BCUT2D eigenvalue weighted by molar-refractivity contribution is 7.18. The summed E-state index contributed by atoms with van der Waals surface area (Å²) in [6.07, 6.45) is 0. The lowest BCUT2D eigenvalue weighted by Gasteiger charge is -2.05. The van der Waals surface area contributed by atoms with Gasteiger partial charge in [-0.2, -0.15) is 0 Å². The summed E-state index contributed by atoms with van der Waals surface area (Å²) in [4.78, 5) is 16.2. The van der Waals surface area contributed by atoms with E-state index in [1.54, 1.807) is 14.2 Å². The maximum atomic E-state index is 11.8. The van der Waals surface area contributed by atoms with Crippen LogP contribution in [0.25, 0.3) is 0 Å². The second kappa shape index (κ2) is 7.85. The summed E-state index contributed by atoms with van der Waals surface area (Å²) >= 11 is 1.22. The number of aromatic nitrogens is 1. The van der Waals surface area contributed by atoms with Gasteiger partial charge in [-0.3, -0.25) is 4.79 Å². The number of hydrogen-bond acceptors (Lipinski definition) is 7. The summed E-state index contributed by atoms with van der Waals surface area (Å²) < 4.78 is 10.0. The van der Waals surface area contributed by atoms with Crippen LogP contribution in [-0.4, -0.2) is 51.4 Å². The zero-order chi connectivity index (χ0) is 13.4. The zero-order valence-electron chi connectivity index (χ0n) is 10.5. The molecule has 0 aromatic carbocycles. The first-order valence-electron chi connectivity index (χ1n) is 5.48. The molecule has 0 atom stereocenters. The van der Waals surface area contributed by atoms with E-state index in [9.17, 15) is 4.79 Å². The van der Waals surface area contributed by atoms with Gasteiger partial charge in [-0.1, -0.05) is 11.3 Å². The van der Waals surface area contributed by atoms with Gasteiger partial charge in [-0.05, 0) is 0 Å². The molecule has 18 heavy (non-hydrogen) atoms. The molecule has 1 rings (SSSR count). The van der Waals surface area contributed by atoms with Crippen molar-refractivity contribution in [3.63, 3.8) is 0 Å². The van der Waals surface area contributed by atoms with Crippen molar-refractivity contribution in [2.45, 2.75) is 0 Å². The van der Waals surface area contributed by atoms with E-state index in [1.165, 1.54) is 11.3 Å². The predicted molar refractivity (Wildman–Crippen MR) is 71.1 cm³/mol. The van der Waals surface area contributed by atoms with E-state index >= 15 is 0 Å². The monoisotopic (exact) mass is 274 g/mol.